The number of benzene rings is 1. The number of nitrogens with one attached hydrogen (secondary N) is 2. The lowest BCUT2D eigenvalue weighted by atomic mass is 10.4. The van der Waals surface area contributed by atoms with Crippen LogP contribution < -0.4 is 10.6 Å². The Labute approximate surface area is 155 Å². The minimum Gasteiger partial charge on any atom is -0.357 e. The van der Waals surface area contributed by atoms with Crippen molar-refractivity contribution in [1.82, 2.24) is 14.9 Å². The van der Waals surface area contributed by atoms with E-state index in [2.05, 4.69) is 34.7 Å². The lowest BCUT2D eigenvalue weighted by Gasteiger charge is -2.17. The molecule has 1 heterocycles. The van der Waals surface area contributed by atoms with Crippen LogP contribution in [-0.2, 0) is 10.0 Å². The van der Waals surface area contributed by atoms with Gasteiger partial charge in [-0.3, -0.25) is 4.99 Å². The monoisotopic (exact) mass is 384 g/mol. The predicted octanol–water partition coefficient (Wildman–Crippen LogP) is 1.76. The van der Waals surface area contributed by atoms with Gasteiger partial charge in [-0.05, 0) is 25.5 Å². The molecule has 1 fully saturated rings. The molecule has 1 aliphatic heterocycles. The van der Waals surface area contributed by atoms with E-state index in [1.54, 1.807) is 16.1 Å². The zero-order valence-electron chi connectivity index (χ0n) is 14.9. The summed E-state index contributed by atoms with van der Waals surface area (Å²) in [6, 6.07) is 10.3. The first-order valence-electron chi connectivity index (χ1n) is 8.73. The summed E-state index contributed by atoms with van der Waals surface area (Å²) in [5, 5.41) is 6.80. The molecule has 25 heavy (non-hydrogen) atoms. The Hall–Kier alpha value is -1.25. The van der Waals surface area contributed by atoms with Crippen LogP contribution in [0.3, 0.4) is 0 Å². The minimum absolute atomic E-state index is 0.273. The third kappa shape index (κ3) is 6.87. The molecule has 1 aromatic carbocycles. The number of hydrogen-bond acceptors (Lipinski definition) is 4. The molecule has 0 aliphatic carbocycles. The molecule has 0 saturated carbocycles. The second-order valence-corrected chi connectivity index (χ2v) is 9.56. The van der Waals surface area contributed by atoms with Gasteiger partial charge >= 0.3 is 0 Å². The quantitative estimate of drug-likeness (QED) is 0.406. The van der Waals surface area contributed by atoms with Crippen molar-refractivity contribution in [1.29, 1.82) is 0 Å². The molecular weight excluding hydrogens is 356 g/mol. The lowest BCUT2D eigenvalue weighted by molar-refractivity contribution is 0.445. The van der Waals surface area contributed by atoms with E-state index in [1.165, 1.54) is 4.90 Å². The second-order valence-electron chi connectivity index (χ2n) is 5.96. The van der Waals surface area contributed by atoms with Crippen molar-refractivity contribution in [2.24, 2.45) is 4.99 Å². The normalized spacial score (nSPS) is 18.9. The predicted molar refractivity (Wildman–Crippen MR) is 106 cm³/mol. The highest BCUT2D eigenvalue weighted by Gasteiger charge is 2.27. The van der Waals surface area contributed by atoms with Crippen LogP contribution in [0.1, 0.15) is 20.3 Å². The summed E-state index contributed by atoms with van der Waals surface area (Å²) < 4.78 is 25.2. The van der Waals surface area contributed by atoms with E-state index in [0.29, 0.717) is 31.4 Å². The second kappa shape index (κ2) is 10.0. The molecule has 2 N–H and O–H groups in total. The van der Waals surface area contributed by atoms with E-state index >= 15 is 0 Å². The van der Waals surface area contributed by atoms with Gasteiger partial charge in [0.2, 0.25) is 10.0 Å². The van der Waals surface area contributed by atoms with Crippen molar-refractivity contribution in [2.75, 3.05) is 38.5 Å². The fraction of sp³-hybridized carbons (Fsp3) is 0.588. The summed E-state index contributed by atoms with van der Waals surface area (Å²) in [7, 11) is -3.03. The zero-order chi connectivity index (χ0) is 18.1. The van der Waals surface area contributed by atoms with Gasteiger partial charge in [0.15, 0.2) is 5.96 Å². The van der Waals surface area contributed by atoms with Gasteiger partial charge in [0, 0.05) is 36.3 Å². The van der Waals surface area contributed by atoms with Crippen LogP contribution in [0.25, 0.3) is 0 Å². The number of thioether (sulfide) groups is 1. The largest absolute Gasteiger partial charge is 0.357 e. The molecule has 1 atom stereocenters. The number of aliphatic imine (C=N–C) groups is 1. The molecular formula is C17H28N4O2S2. The van der Waals surface area contributed by atoms with E-state index < -0.39 is 10.0 Å². The maximum Gasteiger partial charge on any atom is 0.214 e. The molecule has 2 rings (SSSR count). The average molecular weight is 385 g/mol. The molecule has 1 aromatic rings. The van der Waals surface area contributed by atoms with Gasteiger partial charge in [-0.15, -0.1) is 11.8 Å². The van der Waals surface area contributed by atoms with Gasteiger partial charge in [-0.2, -0.15) is 0 Å². The first-order chi connectivity index (χ1) is 12.0. The highest BCUT2D eigenvalue weighted by molar-refractivity contribution is 8.00. The van der Waals surface area contributed by atoms with Gasteiger partial charge in [0.1, 0.15) is 0 Å². The van der Waals surface area contributed by atoms with Crippen LogP contribution in [0.15, 0.2) is 40.2 Å². The zero-order valence-corrected chi connectivity index (χ0v) is 16.6. The third-order valence-corrected chi connectivity index (χ3v) is 6.84. The molecule has 1 saturated heterocycles. The van der Waals surface area contributed by atoms with Crippen LogP contribution in [0.2, 0.25) is 0 Å². The summed E-state index contributed by atoms with van der Waals surface area (Å²) in [5.74, 6) is 1.01. The minimum atomic E-state index is -3.03. The molecule has 0 aromatic heterocycles. The molecule has 0 spiro atoms. The Bertz CT molecular complexity index is 650. The van der Waals surface area contributed by atoms with E-state index in [4.69, 9.17) is 0 Å². The van der Waals surface area contributed by atoms with Crippen molar-refractivity contribution in [2.45, 2.75) is 30.4 Å². The molecule has 6 nitrogen and oxygen atoms in total. The van der Waals surface area contributed by atoms with Gasteiger partial charge in [-0.25, -0.2) is 12.7 Å². The van der Waals surface area contributed by atoms with Crippen LogP contribution in [0.5, 0.6) is 0 Å². The van der Waals surface area contributed by atoms with Crippen molar-refractivity contribution in [3.63, 3.8) is 0 Å². The molecule has 8 heteroatoms. The number of rotatable bonds is 8. The Morgan fingerprint density at radius 1 is 1.32 bits per heavy atom. The lowest BCUT2D eigenvalue weighted by Crippen LogP contribution is -2.42. The Morgan fingerprint density at radius 2 is 2.08 bits per heavy atom. The van der Waals surface area contributed by atoms with E-state index in [1.807, 2.05) is 25.1 Å². The number of nitrogens with zero attached hydrogens (tertiary/aromatic N) is 2. The number of sulfonamides is 1. The van der Waals surface area contributed by atoms with Crippen molar-refractivity contribution in [3.05, 3.63) is 30.3 Å². The van der Waals surface area contributed by atoms with Crippen LogP contribution >= 0.6 is 11.8 Å². The summed E-state index contributed by atoms with van der Waals surface area (Å²) in [4.78, 5) is 5.85. The first-order valence-corrected chi connectivity index (χ1v) is 11.2. The highest BCUT2D eigenvalue weighted by Crippen LogP contribution is 2.22. The molecule has 1 aliphatic rings. The van der Waals surface area contributed by atoms with E-state index in [-0.39, 0.29) is 5.75 Å². The van der Waals surface area contributed by atoms with Gasteiger partial charge in [-0.1, -0.05) is 25.1 Å². The molecule has 0 radical (unpaired) electrons. The van der Waals surface area contributed by atoms with Crippen molar-refractivity contribution in [3.8, 4) is 0 Å². The van der Waals surface area contributed by atoms with E-state index in [0.717, 1.165) is 18.9 Å². The number of guanidine groups is 1. The maximum absolute atomic E-state index is 11.8. The summed E-state index contributed by atoms with van der Waals surface area (Å²) in [6.07, 6.45) is 0.727. The van der Waals surface area contributed by atoms with Gasteiger partial charge < -0.3 is 10.6 Å². The standard InChI is InChI=1S/C17H28N4O2S2/c1-3-18-17(19-10-12-21-11-7-13-25(21,22)23)20-14-15(2)24-16-8-5-4-6-9-16/h4-6,8-9,15H,3,7,10-14H2,1-2H3,(H2,18,19,20). The Morgan fingerprint density at radius 3 is 2.72 bits per heavy atom. The van der Waals surface area contributed by atoms with Crippen LogP contribution in [0, 0.1) is 0 Å². The summed E-state index contributed by atoms with van der Waals surface area (Å²) in [6.45, 7) is 7.31. The molecule has 0 bridgehead atoms. The average Bonchev–Trinajstić information content (AvgIpc) is 2.92. The highest BCUT2D eigenvalue weighted by atomic mass is 32.2. The SMILES string of the molecule is CCNC(=NCC(C)Sc1ccccc1)NCCN1CCCS1(=O)=O. The van der Waals surface area contributed by atoms with Crippen LogP contribution in [-0.4, -0.2) is 62.4 Å². The van der Waals surface area contributed by atoms with Gasteiger partial charge in [0.25, 0.3) is 0 Å². The van der Waals surface area contributed by atoms with Crippen molar-refractivity contribution >= 4 is 27.7 Å². The third-order valence-electron chi connectivity index (χ3n) is 3.79. The smallest absolute Gasteiger partial charge is 0.214 e. The van der Waals surface area contributed by atoms with Gasteiger partial charge in [0.05, 0.1) is 12.3 Å². The fourth-order valence-electron chi connectivity index (χ4n) is 2.57. The number of hydrogen-bond donors (Lipinski definition) is 2. The van der Waals surface area contributed by atoms with E-state index in [9.17, 15) is 8.42 Å². The molecule has 140 valence electrons. The Kier molecular flexibility index (Phi) is 8.05. The maximum atomic E-state index is 11.8. The Balaban J connectivity index is 1.79. The molecule has 1 unspecified atom stereocenters. The molecule has 0 amide bonds. The summed E-state index contributed by atoms with van der Waals surface area (Å²) in [5.41, 5.74) is 0. The first kappa shape index (κ1) is 20.1. The topological polar surface area (TPSA) is 73.8 Å². The summed E-state index contributed by atoms with van der Waals surface area (Å²) >= 11 is 1.80. The fourth-order valence-corrected chi connectivity index (χ4v) is 5.03. The van der Waals surface area contributed by atoms with Crippen LogP contribution in [0.4, 0.5) is 0 Å². The van der Waals surface area contributed by atoms with Crippen molar-refractivity contribution < 1.29 is 8.42 Å².